The Morgan fingerprint density at radius 2 is 2.33 bits per heavy atom. The lowest BCUT2D eigenvalue weighted by Crippen LogP contribution is -2.03. The Morgan fingerprint density at radius 1 is 1.67 bits per heavy atom. The second-order valence-corrected chi connectivity index (χ2v) is 1.86. The van der Waals surface area contributed by atoms with E-state index in [-0.39, 0.29) is 0 Å². The lowest BCUT2D eigenvalue weighted by atomic mass is 10.3. The first kappa shape index (κ1) is 8.28. The zero-order valence-electron chi connectivity index (χ0n) is 6.28. The van der Waals surface area contributed by atoms with E-state index >= 15 is 0 Å². The molecule has 0 atom stereocenters. The fourth-order valence-electron chi connectivity index (χ4n) is 0.649. The number of hydrogen-bond donors (Lipinski definition) is 1. The van der Waals surface area contributed by atoms with Gasteiger partial charge in [0.1, 0.15) is 0 Å². The maximum atomic E-state index is 3.63. The van der Waals surface area contributed by atoms with Crippen molar-refractivity contribution in [2.45, 2.75) is 19.8 Å². The summed E-state index contributed by atoms with van der Waals surface area (Å²) in [6.45, 7) is 5.76. The summed E-state index contributed by atoms with van der Waals surface area (Å²) in [5.74, 6) is 0. The van der Waals surface area contributed by atoms with Crippen molar-refractivity contribution in [3.05, 3.63) is 24.4 Å². The summed E-state index contributed by atoms with van der Waals surface area (Å²) in [6, 6.07) is 0. The number of nitrogens with one attached hydrogen (secondary N) is 1. The Hall–Kier alpha value is -0.720. The van der Waals surface area contributed by atoms with Crippen molar-refractivity contribution >= 4 is 0 Å². The van der Waals surface area contributed by atoms with Crippen LogP contribution in [0.15, 0.2) is 24.4 Å². The molecule has 1 heteroatoms. The zero-order valence-corrected chi connectivity index (χ0v) is 6.28. The summed E-state index contributed by atoms with van der Waals surface area (Å²) in [5.41, 5.74) is 1.29. The van der Waals surface area contributed by atoms with Gasteiger partial charge in [-0.2, -0.15) is 0 Å². The van der Waals surface area contributed by atoms with Crippen LogP contribution in [0.3, 0.4) is 0 Å². The normalized spacial score (nSPS) is 11.1. The van der Waals surface area contributed by atoms with Crippen LogP contribution in [0, 0.1) is 0 Å². The molecule has 9 heavy (non-hydrogen) atoms. The van der Waals surface area contributed by atoms with Gasteiger partial charge in [0.25, 0.3) is 0 Å². The van der Waals surface area contributed by atoms with Crippen LogP contribution in [0.25, 0.3) is 0 Å². The molecule has 0 amide bonds. The smallest absolute Gasteiger partial charge is 0.00638 e. The van der Waals surface area contributed by atoms with Crippen molar-refractivity contribution in [1.29, 1.82) is 0 Å². The van der Waals surface area contributed by atoms with E-state index in [1.54, 1.807) is 0 Å². The molecule has 0 unspecified atom stereocenters. The average Bonchev–Trinajstić information content (AvgIpc) is 1.91. The largest absolute Gasteiger partial charge is 0.392 e. The highest BCUT2D eigenvalue weighted by molar-refractivity contribution is 5.00. The van der Waals surface area contributed by atoms with Crippen LogP contribution in [0.4, 0.5) is 0 Å². The SMILES string of the molecule is C=CC/C=C(\CC)NC. The summed E-state index contributed by atoms with van der Waals surface area (Å²) in [4.78, 5) is 0. The second kappa shape index (κ2) is 5.42. The maximum absolute atomic E-state index is 3.63. The van der Waals surface area contributed by atoms with Crippen LogP contribution in [0.5, 0.6) is 0 Å². The quantitative estimate of drug-likeness (QED) is 0.567. The summed E-state index contributed by atoms with van der Waals surface area (Å²) in [6.07, 6.45) is 6.08. The van der Waals surface area contributed by atoms with Crippen LogP contribution >= 0.6 is 0 Å². The molecule has 1 nitrogen and oxygen atoms in total. The Morgan fingerprint density at radius 3 is 2.67 bits per heavy atom. The van der Waals surface area contributed by atoms with Crippen molar-refractivity contribution < 1.29 is 0 Å². The molecule has 0 rings (SSSR count). The monoisotopic (exact) mass is 125 g/mol. The maximum Gasteiger partial charge on any atom is 0.00638 e. The highest BCUT2D eigenvalue weighted by atomic mass is 14.8. The van der Waals surface area contributed by atoms with Crippen molar-refractivity contribution in [2.24, 2.45) is 0 Å². The molecule has 0 aromatic rings. The Kier molecular flexibility index (Phi) is 4.98. The van der Waals surface area contributed by atoms with E-state index in [0.717, 1.165) is 12.8 Å². The van der Waals surface area contributed by atoms with Gasteiger partial charge in [0.2, 0.25) is 0 Å². The molecular weight excluding hydrogens is 110 g/mol. The van der Waals surface area contributed by atoms with Crippen LogP contribution in [0.2, 0.25) is 0 Å². The topological polar surface area (TPSA) is 12.0 Å². The van der Waals surface area contributed by atoms with Gasteiger partial charge >= 0.3 is 0 Å². The van der Waals surface area contributed by atoms with E-state index in [1.165, 1.54) is 5.70 Å². The molecule has 0 aromatic heterocycles. The third kappa shape index (κ3) is 3.83. The van der Waals surface area contributed by atoms with E-state index in [0.29, 0.717) is 0 Å². The highest BCUT2D eigenvalue weighted by Crippen LogP contribution is 1.95. The molecule has 0 aliphatic carbocycles. The number of rotatable bonds is 4. The molecule has 0 spiro atoms. The van der Waals surface area contributed by atoms with Gasteiger partial charge in [-0.25, -0.2) is 0 Å². The summed E-state index contributed by atoms with van der Waals surface area (Å²) in [5, 5.41) is 3.10. The van der Waals surface area contributed by atoms with Crippen LogP contribution in [-0.4, -0.2) is 7.05 Å². The first-order valence-corrected chi connectivity index (χ1v) is 3.32. The molecule has 0 aliphatic heterocycles. The van der Waals surface area contributed by atoms with Gasteiger partial charge in [-0.05, 0) is 12.8 Å². The predicted molar refractivity (Wildman–Crippen MR) is 42.2 cm³/mol. The van der Waals surface area contributed by atoms with Gasteiger partial charge in [0.05, 0.1) is 0 Å². The summed E-state index contributed by atoms with van der Waals surface area (Å²) >= 11 is 0. The van der Waals surface area contributed by atoms with E-state index in [9.17, 15) is 0 Å². The molecular formula is C8H15N. The van der Waals surface area contributed by atoms with E-state index < -0.39 is 0 Å². The van der Waals surface area contributed by atoms with Crippen LogP contribution in [-0.2, 0) is 0 Å². The van der Waals surface area contributed by atoms with Crippen molar-refractivity contribution in [3.63, 3.8) is 0 Å². The average molecular weight is 125 g/mol. The zero-order chi connectivity index (χ0) is 7.11. The first-order chi connectivity index (χ1) is 4.35. The third-order valence-corrected chi connectivity index (χ3v) is 1.23. The van der Waals surface area contributed by atoms with Gasteiger partial charge in [0.15, 0.2) is 0 Å². The van der Waals surface area contributed by atoms with Gasteiger partial charge in [-0.15, -0.1) is 6.58 Å². The van der Waals surface area contributed by atoms with E-state index in [1.807, 2.05) is 13.1 Å². The number of hydrogen-bond acceptors (Lipinski definition) is 1. The highest BCUT2D eigenvalue weighted by Gasteiger charge is 1.83. The van der Waals surface area contributed by atoms with Crippen LogP contribution in [0.1, 0.15) is 19.8 Å². The molecule has 1 N–H and O–H groups in total. The number of allylic oxidation sites excluding steroid dienone is 3. The standard InChI is InChI=1S/C8H15N/c1-4-6-7-8(5-2)9-3/h4,7,9H,1,5-6H2,2-3H3/b8-7+. The van der Waals surface area contributed by atoms with Crippen molar-refractivity contribution in [1.82, 2.24) is 5.32 Å². The van der Waals surface area contributed by atoms with Gasteiger partial charge in [-0.1, -0.05) is 19.1 Å². The van der Waals surface area contributed by atoms with E-state index in [2.05, 4.69) is 24.9 Å². The Bertz CT molecular complexity index is 97.1. The molecule has 0 aromatic carbocycles. The minimum Gasteiger partial charge on any atom is -0.392 e. The molecule has 0 saturated heterocycles. The van der Waals surface area contributed by atoms with Gasteiger partial charge < -0.3 is 5.32 Å². The fourth-order valence-corrected chi connectivity index (χ4v) is 0.649. The summed E-state index contributed by atoms with van der Waals surface area (Å²) in [7, 11) is 1.94. The van der Waals surface area contributed by atoms with Crippen molar-refractivity contribution in [2.75, 3.05) is 7.05 Å². The molecule has 0 bridgehead atoms. The molecule has 0 aliphatic rings. The first-order valence-electron chi connectivity index (χ1n) is 3.32. The summed E-state index contributed by atoms with van der Waals surface area (Å²) < 4.78 is 0. The van der Waals surface area contributed by atoms with Gasteiger partial charge in [-0.3, -0.25) is 0 Å². The lowest BCUT2D eigenvalue weighted by Gasteiger charge is -2.00. The Balaban J connectivity index is 3.60. The van der Waals surface area contributed by atoms with E-state index in [4.69, 9.17) is 0 Å². The van der Waals surface area contributed by atoms with Crippen molar-refractivity contribution in [3.8, 4) is 0 Å². The molecule has 0 fully saturated rings. The fraction of sp³-hybridized carbons (Fsp3) is 0.500. The minimum absolute atomic E-state index is 0.962. The Labute approximate surface area is 57.5 Å². The predicted octanol–water partition coefficient (Wildman–Crippen LogP) is 2.08. The second-order valence-electron chi connectivity index (χ2n) is 1.86. The minimum atomic E-state index is 0.962. The lowest BCUT2D eigenvalue weighted by molar-refractivity contribution is 0.890. The van der Waals surface area contributed by atoms with Gasteiger partial charge in [0, 0.05) is 12.7 Å². The van der Waals surface area contributed by atoms with Crippen LogP contribution < -0.4 is 5.32 Å². The molecule has 0 radical (unpaired) electrons. The molecule has 52 valence electrons. The molecule has 0 heterocycles. The molecule has 0 saturated carbocycles. The third-order valence-electron chi connectivity index (χ3n) is 1.23.